The standard InChI is InChI=1S/C21H24N4O2/c26-20(21(27)24-18-7-8-18)23-13-19(16-6-3-10-22-12-16)25-11-9-15-4-1-2-5-17(15)14-25/h1-6,10,12,18-19H,7-9,11,13-14H2,(H,23,26)(H,24,27)/t19-/m0/s1. The largest absolute Gasteiger partial charge is 0.346 e. The molecule has 1 fully saturated rings. The molecule has 2 heterocycles. The van der Waals surface area contributed by atoms with Crippen molar-refractivity contribution in [2.45, 2.75) is 37.9 Å². The molecule has 0 radical (unpaired) electrons. The van der Waals surface area contributed by atoms with Crippen LogP contribution in [0.4, 0.5) is 0 Å². The molecule has 1 aromatic heterocycles. The summed E-state index contributed by atoms with van der Waals surface area (Å²) in [6, 6.07) is 12.5. The average Bonchev–Trinajstić information content (AvgIpc) is 3.52. The third-order valence-corrected chi connectivity index (χ3v) is 5.24. The van der Waals surface area contributed by atoms with Crippen LogP contribution in [0.1, 0.15) is 35.6 Å². The van der Waals surface area contributed by atoms with Crippen LogP contribution in [-0.2, 0) is 22.6 Å². The van der Waals surface area contributed by atoms with E-state index in [1.807, 2.05) is 18.3 Å². The monoisotopic (exact) mass is 364 g/mol. The highest BCUT2D eigenvalue weighted by Gasteiger charge is 2.28. The normalized spacial score (nSPS) is 17.6. The molecule has 27 heavy (non-hydrogen) atoms. The van der Waals surface area contributed by atoms with Crippen molar-refractivity contribution in [2.75, 3.05) is 13.1 Å². The van der Waals surface area contributed by atoms with Gasteiger partial charge in [0.1, 0.15) is 0 Å². The second-order valence-corrected chi connectivity index (χ2v) is 7.25. The van der Waals surface area contributed by atoms with Gasteiger partial charge in [0.25, 0.3) is 0 Å². The lowest BCUT2D eigenvalue weighted by Gasteiger charge is -2.35. The van der Waals surface area contributed by atoms with E-state index in [1.54, 1.807) is 6.20 Å². The SMILES string of the molecule is O=C(NC[C@@H](c1cccnc1)N1CCc2ccccc2C1)C(=O)NC1CC1. The molecule has 2 aliphatic rings. The maximum absolute atomic E-state index is 12.2. The van der Waals surface area contributed by atoms with E-state index in [1.165, 1.54) is 11.1 Å². The molecule has 4 rings (SSSR count). The van der Waals surface area contributed by atoms with Gasteiger partial charge in [0.2, 0.25) is 0 Å². The molecule has 0 spiro atoms. The smallest absolute Gasteiger partial charge is 0.309 e. The second-order valence-electron chi connectivity index (χ2n) is 7.25. The number of fused-ring (bicyclic) bond motifs is 1. The van der Waals surface area contributed by atoms with Crippen LogP contribution in [0.15, 0.2) is 48.8 Å². The molecule has 0 unspecified atom stereocenters. The van der Waals surface area contributed by atoms with E-state index in [2.05, 4.69) is 44.8 Å². The van der Waals surface area contributed by atoms with Crippen molar-refractivity contribution in [2.24, 2.45) is 0 Å². The molecule has 1 aliphatic carbocycles. The summed E-state index contributed by atoms with van der Waals surface area (Å²) in [6.07, 6.45) is 6.48. The first kappa shape index (κ1) is 17.7. The minimum absolute atomic E-state index is 0.0234. The van der Waals surface area contributed by atoms with Gasteiger partial charge in [-0.2, -0.15) is 0 Å². The summed E-state index contributed by atoms with van der Waals surface area (Å²) < 4.78 is 0. The minimum atomic E-state index is -0.562. The lowest BCUT2D eigenvalue weighted by molar-refractivity contribution is -0.139. The number of hydrogen-bond donors (Lipinski definition) is 2. The van der Waals surface area contributed by atoms with Crippen molar-refractivity contribution in [1.29, 1.82) is 0 Å². The van der Waals surface area contributed by atoms with Crippen molar-refractivity contribution in [3.8, 4) is 0 Å². The quantitative estimate of drug-likeness (QED) is 0.790. The lowest BCUT2D eigenvalue weighted by Crippen LogP contribution is -2.45. The summed E-state index contributed by atoms with van der Waals surface area (Å²) in [5.41, 5.74) is 3.74. The lowest BCUT2D eigenvalue weighted by atomic mass is 9.97. The molecule has 2 N–H and O–H groups in total. The zero-order valence-corrected chi connectivity index (χ0v) is 15.2. The third-order valence-electron chi connectivity index (χ3n) is 5.24. The number of hydrogen-bond acceptors (Lipinski definition) is 4. The third kappa shape index (κ3) is 4.34. The molecular weight excluding hydrogens is 340 g/mol. The van der Waals surface area contributed by atoms with Crippen LogP contribution in [-0.4, -0.2) is 40.8 Å². The number of aromatic nitrogens is 1. The topological polar surface area (TPSA) is 74.3 Å². The number of carbonyl (C=O) groups excluding carboxylic acids is 2. The molecule has 2 aromatic rings. The zero-order valence-electron chi connectivity index (χ0n) is 15.2. The molecule has 2 amide bonds. The van der Waals surface area contributed by atoms with Gasteiger partial charge in [-0.15, -0.1) is 0 Å². The highest BCUT2D eigenvalue weighted by molar-refractivity contribution is 6.35. The molecule has 1 saturated carbocycles. The van der Waals surface area contributed by atoms with Gasteiger partial charge in [0.15, 0.2) is 0 Å². The van der Waals surface area contributed by atoms with Crippen LogP contribution in [0.25, 0.3) is 0 Å². The molecule has 6 heteroatoms. The van der Waals surface area contributed by atoms with Crippen molar-refractivity contribution in [3.63, 3.8) is 0 Å². The maximum atomic E-state index is 12.2. The van der Waals surface area contributed by atoms with E-state index in [0.717, 1.165) is 37.9 Å². The first-order valence-corrected chi connectivity index (χ1v) is 9.50. The Morgan fingerprint density at radius 2 is 1.93 bits per heavy atom. The van der Waals surface area contributed by atoms with Crippen LogP contribution < -0.4 is 10.6 Å². The molecular formula is C21H24N4O2. The van der Waals surface area contributed by atoms with E-state index in [-0.39, 0.29) is 12.1 Å². The Labute approximate surface area is 159 Å². The van der Waals surface area contributed by atoms with Gasteiger partial charge in [-0.05, 0) is 42.0 Å². The first-order chi connectivity index (χ1) is 13.2. The summed E-state index contributed by atoms with van der Waals surface area (Å²) in [5.74, 6) is -1.10. The number of rotatable bonds is 5. The number of benzene rings is 1. The summed E-state index contributed by atoms with van der Waals surface area (Å²) in [6.45, 7) is 2.10. The van der Waals surface area contributed by atoms with Crippen LogP contribution >= 0.6 is 0 Å². The van der Waals surface area contributed by atoms with Crippen molar-refractivity contribution >= 4 is 11.8 Å². The van der Waals surface area contributed by atoms with Gasteiger partial charge in [-0.25, -0.2) is 0 Å². The fourth-order valence-corrected chi connectivity index (χ4v) is 3.56. The molecule has 140 valence electrons. The Morgan fingerprint density at radius 3 is 2.67 bits per heavy atom. The molecule has 6 nitrogen and oxygen atoms in total. The Hall–Kier alpha value is -2.73. The maximum Gasteiger partial charge on any atom is 0.309 e. The van der Waals surface area contributed by atoms with Crippen LogP contribution in [0.5, 0.6) is 0 Å². The first-order valence-electron chi connectivity index (χ1n) is 9.50. The van der Waals surface area contributed by atoms with Gasteiger partial charge < -0.3 is 10.6 Å². The number of nitrogens with one attached hydrogen (secondary N) is 2. The summed E-state index contributed by atoms with van der Waals surface area (Å²) >= 11 is 0. The molecule has 1 aliphatic heterocycles. The Morgan fingerprint density at radius 1 is 1.11 bits per heavy atom. The minimum Gasteiger partial charge on any atom is -0.346 e. The van der Waals surface area contributed by atoms with E-state index >= 15 is 0 Å². The van der Waals surface area contributed by atoms with Gasteiger partial charge in [-0.3, -0.25) is 19.5 Å². The number of amides is 2. The molecule has 0 saturated heterocycles. The highest BCUT2D eigenvalue weighted by atomic mass is 16.2. The Kier molecular flexibility index (Phi) is 5.16. The fraction of sp³-hybridized carbons (Fsp3) is 0.381. The van der Waals surface area contributed by atoms with Gasteiger partial charge in [-0.1, -0.05) is 30.3 Å². The summed E-state index contributed by atoms with van der Waals surface area (Å²) in [4.78, 5) is 30.7. The molecule has 1 atom stereocenters. The van der Waals surface area contributed by atoms with Crippen molar-refractivity contribution in [1.82, 2.24) is 20.5 Å². The Bertz CT molecular complexity index is 820. The summed E-state index contributed by atoms with van der Waals surface area (Å²) in [7, 11) is 0. The van der Waals surface area contributed by atoms with Crippen LogP contribution in [0.3, 0.4) is 0 Å². The van der Waals surface area contributed by atoms with Crippen LogP contribution in [0, 0.1) is 0 Å². The summed E-state index contributed by atoms with van der Waals surface area (Å²) in [5, 5.41) is 5.55. The van der Waals surface area contributed by atoms with E-state index in [9.17, 15) is 9.59 Å². The molecule has 1 aromatic carbocycles. The van der Waals surface area contributed by atoms with Crippen molar-refractivity contribution in [3.05, 3.63) is 65.5 Å². The van der Waals surface area contributed by atoms with E-state index in [4.69, 9.17) is 0 Å². The number of pyridine rings is 1. The van der Waals surface area contributed by atoms with Gasteiger partial charge in [0, 0.05) is 38.1 Å². The van der Waals surface area contributed by atoms with Gasteiger partial charge in [0.05, 0.1) is 6.04 Å². The number of carbonyl (C=O) groups is 2. The highest BCUT2D eigenvalue weighted by Crippen LogP contribution is 2.27. The zero-order chi connectivity index (χ0) is 18.6. The van der Waals surface area contributed by atoms with E-state index < -0.39 is 11.8 Å². The predicted molar refractivity (Wildman–Crippen MR) is 102 cm³/mol. The van der Waals surface area contributed by atoms with Gasteiger partial charge >= 0.3 is 11.8 Å². The second kappa shape index (κ2) is 7.88. The Balaban J connectivity index is 1.46. The molecule has 0 bridgehead atoms. The fourth-order valence-electron chi connectivity index (χ4n) is 3.56. The average molecular weight is 364 g/mol. The predicted octanol–water partition coefficient (Wildman–Crippen LogP) is 1.58. The number of nitrogens with zero attached hydrogens (tertiary/aromatic N) is 2. The van der Waals surface area contributed by atoms with Crippen LogP contribution in [0.2, 0.25) is 0 Å². The van der Waals surface area contributed by atoms with E-state index in [0.29, 0.717) is 6.54 Å². The van der Waals surface area contributed by atoms with Crippen molar-refractivity contribution < 1.29 is 9.59 Å².